The third kappa shape index (κ3) is 2.86. The zero-order valence-electron chi connectivity index (χ0n) is 14.6. The van der Waals surface area contributed by atoms with Crippen molar-refractivity contribution in [2.45, 2.75) is 44.8 Å². The van der Waals surface area contributed by atoms with E-state index in [4.69, 9.17) is 9.47 Å². The Morgan fingerprint density at radius 1 is 1.29 bits per heavy atom. The molecule has 6 nitrogen and oxygen atoms in total. The van der Waals surface area contributed by atoms with Crippen molar-refractivity contribution < 1.29 is 19.1 Å². The minimum absolute atomic E-state index is 0.0238. The van der Waals surface area contributed by atoms with Crippen LogP contribution in [0.1, 0.15) is 49.5 Å². The third-order valence-electron chi connectivity index (χ3n) is 4.66. The van der Waals surface area contributed by atoms with Crippen molar-refractivity contribution in [2.75, 3.05) is 25.6 Å². The molecule has 1 spiro atoms. The first kappa shape index (κ1) is 16.8. The molecule has 1 fully saturated rings. The number of carbonyl (C=O) groups is 2. The number of ether oxygens (including phenoxy) is 2. The Labute approximate surface area is 142 Å². The van der Waals surface area contributed by atoms with Crippen molar-refractivity contribution in [2.24, 2.45) is 0 Å². The van der Waals surface area contributed by atoms with E-state index in [1.54, 1.807) is 12.1 Å². The molecular formula is C18H24N2O4. The highest BCUT2D eigenvalue weighted by Gasteiger charge is 2.48. The second-order valence-electron chi connectivity index (χ2n) is 7.40. The maximum atomic E-state index is 12.6. The Bertz CT molecular complexity index is 672. The van der Waals surface area contributed by atoms with Gasteiger partial charge in [-0.05, 0) is 57.4 Å². The second-order valence-corrected chi connectivity index (χ2v) is 7.40. The molecule has 2 amide bonds. The summed E-state index contributed by atoms with van der Waals surface area (Å²) in [5, 5.41) is 2.76. The van der Waals surface area contributed by atoms with Gasteiger partial charge in [0.1, 0.15) is 5.60 Å². The van der Waals surface area contributed by atoms with Crippen LogP contribution in [0, 0.1) is 0 Å². The molecule has 2 heterocycles. The predicted molar refractivity (Wildman–Crippen MR) is 90.1 cm³/mol. The zero-order valence-corrected chi connectivity index (χ0v) is 14.6. The summed E-state index contributed by atoms with van der Waals surface area (Å²) in [7, 11) is 1.84. The fourth-order valence-electron chi connectivity index (χ4n) is 3.48. The van der Waals surface area contributed by atoms with E-state index >= 15 is 0 Å². The van der Waals surface area contributed by atoms with E-state index in [2.05, 4.69) is 5.32 Å². The first-order chi connectivity index (χ1) is 11.2. The summed E-state index contributed by atoms with van der Waals surface area (Å²) >= 11 is 0. The number of nitrogens with zero attached hydrogens (tertiary/aromatic N) is 1. The van der Waals surface area contributed by atoms with E-state index in [1.807, 2.05) is 38.8 Å². The molecule has 0 aliphatic carbocycles. The number of anilines is 1. The second kappa shape index (κ2) is 5.77. The number of hydrogen-bond acceptors (Lipinski definition) is 4. The van der Waals surface area contributed by atoms with Gasteiger partial charge in [-0.15, -0.1) is 0 Å². The lowest BCUT2D eigenvalue weighted by Gasteiger charge is -2.40. The summed E-state index contributed by atoms with van der Waals surface area (Å²) in [6.07, 6.45) is 1.03. The van der Waals surface area contributed by atoms with Crippen LogP contribution < -0.4 is 5.32 Å². The molecule has 2 aliphatic heterocycles. The van der Waals surface area contributed by atoms with Crippen molar-refractivity contribution in [3.63, 3.8) is 0 Å². The van der Waals surface area contributed by atoms with Crippen molar-refractivity contribution in [3.05, 3.63) is 29.3 Å². The van der Waals surface area contributed by atoms with Crippen molar-refractivity contribution in [1.82, 2.24) is 4.90 Å². The van der Waals surface area contributed by atoms with Gasteiger partial charge >= 0.3 is 6.09 Å². The summed E-state index contributed by atoms with van der Waals surface area (Å²) in [5.74, 6) is 0.0238. The summed E-state index contributed by atoms with van der Waals surface area (Å²) in [6, 6.07) is 5.42. The third-order valence-corrected chi connectivity index (χ3v) is 4.66. The molecule has 0 aromatic heterocycles. The normalized spacial score (nSPS) is 19.3. The summed E-state index contributed by atoms with van der Waals surface area (Å²) in [6.45, 7) is 6.71. The SMILES string of the molecule is CN1C(=O)c2ccc(NC(=O)OC(C)(C)C)cc2C12CCOCC2. The number of hydrogen-bond donors (Lipinski definition) is 1. The predicted octanol–water partition coefficient (Wildman–Crippen LogP) is 3.12. The van der Waals surface area contributed by atoms with Gasteiger partial charge < -0.3 is 14.4 Å². The zero-order chi connectivity index (χ0) is 17.5. The van der Waals surface area contributed by atoms with Gasteiger partial charge in [0.15, 0.2) is 0 Å². The highest BCUT2D eigenvalue weighted by atomic mass is 16.6. The van der Waals surface area contributed by atoms with Gasteiger partial charge in [-0.2, -0.15) is 0 Å². The molecule has 1 saturated heterocycles. The lowest BCUT2D eigenvalue weighted by atomic mass is 9.82. The van der Waals surface area contributed by atoms with Crippen LogP contribution in [-0.4, -0.2) is 42.8 Å². The van der Waals surface area contributed by atoms with Gasteiger partial charge in [0.05, 0.1) is 5.54 Å². The number of amides is 2. The Hall–Kier alpha value is -2.08. The van der Waals surface area contributed by atoms with E-state index in [-0.39, 0.29) is 11.4 Å². The van der Waals surface area contributed by atoms with Gasteiger partial charge in [-0.3, -0.25) is 10.1 Å². The summed E-state index contributed by atoms with van der Waals surface area (Å²) in [5.41, 5.74) is 1.41. The highest BCUT2D eigenvalue weighted by Crippen LogP contribution is 2.45. The highest BCUT2D eigenvalue weighted by molar-refractivity contribution is 6.01. The largest absolute Gasteiger partial charge is 0.444 e. The minimum atomic E-state index is -0.557. The molecule has 1 aromatic carbocycles. The molecule has 2 aliphatic rings. The van der Waals surface area contributed by atoms with Gasteiger partial charge in [0, 0.05) is 31.5 Å². The molecule has 3 rings (SSSR count). The van der Waals surface area contributed by atoms with Crippen LogP contribution in [-0.2, 0) is 15.0 Å². The lowest BCUT2D eigenvalue weighted by Crippen LogP contribution is -2.45. The van der Waals surface area contributed by atoms with Gasteiger partial charge in [0.25, 0.3) is 5.91 Å². The van der Waals surface area contributed by atoms with E-state index in [0.29, 0.717) is 24.5 Å². The Morgan fingerprint density at radius 3 is 2.58 bits per heavy atom. The fraction of sp³-hybridized carbons (Fsp3) is 0.556. The summed E-state index contributed by atoms with van der Waals surface area (Å²) in [4.78, 5) is 26.4. The fourth-order valence-corrected chi connectivity index (χ4v) is 3.48. The smallest absolute Gasteiger partial charge is 0.412 e. The number of carbonyl (C=O) groups excluding carboxylic acids is 2. The van der Waals surface area contributed by atoms with Crippen molar-refractivity contribution in [1.29, 1.82) is 0 Å². The minimum Gasteiger partial charge on any atom is -0.444 e. The molecule has 130 valence electrons. The first-order valence-corrected chi connectivity index (χ1v) is 8.23. The quantitative estimate of drug-likeness (QED) is 0.858. The average molecular weight is 332 g/mol. The van der Waals surface area contributed by atoms with Gasteiger partial charge in [0.2, 0.25) is 0 Å². The monoisotopic (exact) mass is 332 g/mol. The molecule has 1 N–H and O–H groups in total. The van der Waals surface area contributed by atoms with E-state index in [0.717, 1.165) is 18.4 Å². The number of benzene rings is 1. The van der Waals surface area contributed by atoms with Gasteiger partial charge in [-0.25, -0.2) is 4.79 Å². The molecular weight excluding hydrogens is 308 g/mol. The van der Waals surface area contributed by atoms with E-state index in [1.165, 1.54) is 0 Å². The lowest BCUT2D eigenvalue weighted by molar-refractivity contribution is -0.00599. The molecule has 6 heteroatoms. The van der Waals surface area contributed by atoms with Crippen LogP contribution in [0.15, 0.2) is 18.2 Å². The number of fused-ring (bicyclic) bond motifs is 2. The molecule has 0 saturated carbocycles. The Balaban J connectivity index is 1.90. The molecule has 0 atom stereocenters. The van der Waals surface area contributed by atoms with Crippen LogP contribution in [0.25, 0.3) is 0 Å². The maximum Gasteiger partial charge on any atom is 0.412 e. The standard InChI is InChI=1S/C18H24N2O4/c1-17(2,3)24-16(22)19-12-5-6-13-14(11-12)18(20(4)15(13)21)7-9-23-10-8-18/h5-6,11H,7-10H2,1-4H3,(H,19,22). The number of rotatable bonds is 1. The first-order valence-electron chi connectivity index (χ1n) is 8.23. The van der Waals surface area contributed by atoms with Crippen molar-refractivity contribution >= 4 is 17.7 Å². The van der Waals surface area contributed by atoms with E-state index < -0.39 is 11.7 Å². The van der Waals surface area contributed by atoms with Crippen LogP contribution in [0.5, 0.6) is 0 Å². The molecule has 0 unspecified atom stereocenters. The topological polar surface area (TPSA) is 67.9 Å². The van der Waals surface area contributed by atoms with Crippen LogP contribution >= 0.6 is 0 Å². The molecule has 0 bridgehead atoms. The van der Waals surface area contributed by atoms with Crippen LogP contribution in [0.4, 0.5) is 10.5 Å². The summed E-state index contributed by atoms with van der Waals surface area (Å²) < 4.78 is 10.8. The Morgan fingerprint density at radius 2 is 1.96 bits per heavy atom. The van der Waals surface area contributed by atoms with Crippen molar-refractivity contribution in [3.8, 4) is 0 Å². The Kier molecular flexibility index (Phi) is 4.03. The van der Waals surface area contributed by atoms with E-state index in [9.17, 15) is 9.59 Å². The number of nitrogens with one attached hydrogen (secondary N) is 1. The molecule has 24 heavy (non-hydrogen) atoms. The average Bonchev–Trinajstić information content (AvgIpc) is 2.69. The van der Waals surface area contributed by atoms with Crippen LogP contribution in [0.2, 0.25) is 0 Å². The maximum absolute atomic E-state index is 12.6. The molecule has 0 radical (unpaired) electrons. The molecule has 1 aromatic rings. The van der Waals surface area contributed by atoms with Crippen LogP contribution in [0.3, 0.4) is 0 Å². The van der Waals surface area contributed by atoms with Gasteiger partial charge in [-0.1, -0.05) is 0 Å².